The van der Waals surface area contributed by atoms with Crippen molar-refractivity contribution in [1.82, 2.24) is 20.2 Å². The Hall–Kier alpha value is -3.88. The molecular weight excluding hydrogens is 396 g/mol. The number of aromatic nitrogens is 4. The van der Waals surface area contributed by atoms with Crippen LogP contribution in [0.4, 0.5) is 11.4 Å². The number of hydrogen-bond donors (Lipinski definition) is 2. The van der Waals surface area contributed by atoms with Crippen LogP contribution < -0.4 is 10.6 Å². The number of Topliss-reactive ketones (excluding diaryl/α,β-unsaturated/α-hetero) is 1. The monoisotopic (exact) mass is 420 g/mol. The highest BCUT2D eigenvalue weighted by molar-refractivity contribution is 6.05. The highest BCUT2D eigenvalue weighted by atomic mass is 16.2. The maximum Gasteiger partial charge on any atom is 0.221 e. The van der Waals surface area contributed by atoms with Crippen LogP contribution in [0.2, 0.25) is 0 Å². The Morgan fingerprint density at radius 1 is 0.968 bits per heavy atom. The first kappa shape index (κ1) is 21.8. The van der Waals surface area contributed by atoms with Gasteiger partial charge in [-0.15, -0.1) is 10.2 Å². The Kier molecular flexibility index (Phi) is 6.54. The number of carbonyl (C=O) groups is 3. The largest absolute Gasteiger partial charge is 0.326 e. The first-order valence-corrected chi connectivity index (χ1v) is 9.83. The summed E-state index contributed by atoms with van der Waals surface area (Å²) in [7, 11) is 0. The zero-order valence-electron chi connectivity index (χ0n) is 17.8. The van der Waals surface area contributed by atoms with E-state index in [9.17, 15) is 14.4 Å². The second-order valence-electron chi connectivity index (χ2n) is 7.47. The van der Waals surface area contributed by atoms with Gasteiger partial charge in [-0.05, 0) is 34.9 Å². The van der Waals surface area contributed by atoms with Crippen molar-refractivity contribution in [3.8, 4) is 11.4 Å². The zero-order chi connectivity index (χ0) is 22.5. The molecule has 1 heterocycles. The van der Waals surface area contributed by atoms with Gasteiger partial charge in [0.15, 0.2) is 5.78 Å². The molecule has 0 aliphatic heterocycles. The molecule has 3 aromatic rings. The Balaban J connectivity index is 1.79. The molecule has 2 amide bonds. The van der Waals surface area contributed by atoms with E-state index in [1.54, 1.807) is 12.1 Å². The van der Waals surface area contributed by atoms with Crippen molar-refractivity contribution >= 4 is 29.0 Å². The van der Waals surface area contributed by atoms with Crippen LogP contribution in [0.25, 0.3) is 11.4 Å². The van der Waals surface area contributed by atoms with Crippen LogP contribution in [-0.2, 0) is 16.1 Å². The van der Waals surface area contributed by atoms with Crippen molar-refractivity contribution in [3.63, 3.8) is 0 Å². The molecule has 0 aliphatic rings. The molecule has 0 unspecified atom stereocenters. The molecule has 1 aromatic heterocycles. The van der Waals surface area contributed by atoms with Crippen LogP contribution >= 0.6 is 0 Å². The lowest BCUT2D eigenvalue weighted by atomic mass is 10.0. The highest BCUT2D eigenvalue weighted by Crippen LogP contribution is 2.23. The van der Waals surface area contributed by atoms with Gasteiger partial charge in [0.25, 0.3) is 0 Å². The average Bonchev–Trinajstić information content (AvgIpc) is 3.15. The standard InChI is InChI=1S/C22H24N6O3/c1-13(2)16-5-7-17(8-6-16)22-25-27-28(26-22)12-21(31)19-10-9-18(23-14(3)29)11-20(19)24-15(4)30/h5-11,13H,12H2,1-4H3,(H,23,29)(H,24,30). The van der Waals surface area contributed by atoms with E-state index in [0.717, 1.165) is 5.56 Å². The molecule has 0 aliphatic carbocycles. The zero-order valence-corrected chi connectivity index (χ0v) is 17.8. The molecule has 9 heteroatoms. The molecule has 0 spiro atoms. The maximum absolute atomic E-state index is 12.8. The van der Waals surface area contributed by atoms with Gasteiger partial charge in [0.2, 0.25) is 17.6 Å². The minimum absolute atomic E-state index is 0.150. The summed E-state index contributed by atoms with van der Waals surface area (Å²) < 4.78 is 0. The molecule has 3 rings (SSSR count). The third-order valence-electron chi connectivity index (χ3n) is 4.52. The summed E-state index contributed by atoms with van der Waals surface area (Å²) in [6.07, 6.45) is 0. The first-order valence-electron chi connectivity index (χ1n) is 9.83. The Morgan fingerprint density at radius 2 is 1.65 bits per heavy atom. The average molecular weight is 420 g/mol. The molecule has 9 nitrogen and oxygen atoms in total. The fourth-order valence-corrected chi connectivity index (χ4v) is 3.02. The number of tetrazole rings is 1. The summed E-state index contributed by atoms with van der Waals surface area (Å²) in [6, 6.07) is 12.6. The Labute approximate surface area is 179 Å². The molecular formula is C22H24N6O3. The van der Waals surface area contributed by atoms with Gasteiger partial charge >= 0.3 is 0 Å². The van der Waals surface area contributed by atoms with Crippen molar-refractivity contribution in [1.29, 1.82) is 0 Å². The number of rotatable bonds is 7. The molecule has 0 atom stereocenters. The molecule has 2 N–H and O–H groups in total. The molecule has 0 saturated carbocycles. The third-order valence-corrected chi connectivity index (χ3v) is 4.52. The number of amides is 2. The van der Waals surface area contributed by atoms with E-state index >= 15 is 0 Å². The lowest BCUT2D eigenvalue weighted by Crippen LogP contribution is -2.17. The number of hydrogen-bond acceptors (Lipinski definition) is 6. The van der Waals surface area contributed by atoms with E-state index in [2.05, 4.69) is 39.9 Å². The van der Waals surface area contributed by atoms with Crippen LogP contribution in [0.15, 0.2) is 42.5 Å². The summed E-state index contributed by atoms with van der Waals surface area (Å²) in [6.45, 7) is 6.81. The van der Waals surface area contributed by atoms with Crippen LogP contribution in [0.1, 0.15) is 49.5 Å². The number of ketones is 1. The van der Waals surface area contributed by atoms with Gasteiger partial charge in [-0.2, -0.15) is 4.80 Å². The number of nitrogens with one attached hydrogen (secondary N) is 2. The van der Waals surface area contributed by atoms with Crippen molar-refractivity contribution < 1.29 is 14.4 Å². The van der Waals surface area contributed by atoms with Gasteiger partial charge in [0.05, 0.1) is 5.69 Å². The number of nitrogens with zero attached hydrogens (tertiary/aromatic N) is 4. The smallest absolute Gasteiger partial charge is 0.221 e. The van der Waals surface area contributed by atoms with Crippen LogP contribution in [-0.4, -0.2) is 37.8 Å². The minimum atomic E-state index is -0.333. The topological polar surface area (TPSA) is 119 Å². The molecule has 31 heavy (non-hydrogen) atoms. The number of benzene rings is 2. The van der Waals surface area contributed by atoms with E-state index in [4.69, 9.17) is 0 Å². The predicted octanol–water partition coefficient (Wildman–Crippen LogP) is 3.26. The summed E-state index contributed by atoms with van der Waals surface area (Å²) in [5.74, 6) is -0.0535. The predicted molar refractivity (Wildman–Crippen MR) is 117 cm³/mol. The van der Waals surface area contributed by atoms with E-state index in [1.165, 1.54) is 30.3 Å². The molecule has 0 saturated heterocycles. The molecule has 2 aromatic carbocycles. The summed E-state index contributed by atoms with van der Waals surface area (Å²) in [4.78, 5) is 36.9. The van der Waals surface area contributed by atoms with Crippen molar-refractivity contribution in [2.45, 2.75) is 40.2 Å². The van der Waals surface area contributed by atoms with E-state index in [1.807, 2.05) is 24.3 Å². The Bertz CT molecular complexity index is 1120. The van der Waals surface area contributed by atoms with Gasteiger partial charge in [0.1, 0.15) is 6.54 Å². The quantitative estimate of drug-likeness (QED) is 0.566. The third kappa shape index (κ3) is 5.59. The minimum Gasteiger partial charge on any atom is -0.326 e. The molecule has 0 radical (unpaired) electrons. The highest BCUT2D eigenvalue weighted by Gasteiger charge is 2.16. The van der Waals surface area contributed by atoms with Gasteiger partial charge in [0, 0.05) is 30.7 Å². The van der Waals surface area contributed by atoms with E-state index < -0.39 is 0 Å². The lowest BCUT2D eigenvalue weighted by Gasteiger charge is -2.11. The molecule has 0 bridgehead atoms. The maximum atomic E-state index is 12.8. The van der Waals surface area contributed by atoms with Gasteiger partial charge in [-0.25, -0.2) is 0 Å². The fourth-order valence-electron chi connectivity index (χ4n) is 3.02. The lowest BCUT2D eigenvalue weighted by molar-refractivity contribution is -0.115. The molecule has 0 fully saturated rings. The summed E-state index contributed by atoms with van der Waals surface area (Å²) >= 11 is 0. The van der Waals surface area contributed by atoms with Crippen molar-refractivity contribution in [2.24, 2.45) is 0 Å². The second-order valence-corrected chi connectivity index (χ2v) is 7.47. The normalized spacial score (nSPS) is 10.7. The van der Waals surface area contributed by atoms with Crippen molar-refractivity contribution in [3.05, 3.63) is 53.6 Å². The van der Waals surface area contributed by atoms with Crippen LogP contribution in [0.3, 0.4) is 0 Å². The van der Waals surface area contributed by atoms with Crippen LogP contribution in [0, 0.1) is 0 Å². The van der Waals surface area contributed by atoms with Gasteiger partial charge in [-0.1, -0.05) is 38.1 Å². The Morgan fingerprint density at radius 3 is 2.26 bits per heavy atom. The van der Waals surface area contributed by atoms with Crippen LogP contribution in [0.5, 0.6) is 0 Å². The number of carbonyl (C=O) groups excluding carboxylic acids is 3. The summed E-state index contributed by atoms with van der Waals surface area (Å²) in [5, 5.41) is 17.6. The first-order chi connectivity index (χ1) is 14.7. The SMILES string of the molecule is CC(=O)Nc1ccc(C(=O)Cn2nnc(-c3ccc(C(C)C)cc3)n2)c(NC(C)=O)c1. The summed E-state index contributed by atoms with van der Waals surface area (Å²) in [5.41, 5.74) is 3.07. The van der Waals surface area contributed by atoms with Gasteiger partial charge in [-0.3, -0.25) is 14.4 Å². The number of anilines is 2. The molecule has 160 valence electrons. The van der Waals surface area contributed by atoms with Gasteiger partial charge < -0.3 is 10.6 Å². The van der Waals surface area contributed by atoms with E-state index in [0.29, 0.717) is 23.1 Å². The fraction of sp³-hybridized carbons (Fsp3) is 0.273. The second kappa shape index (κ2) is 9.29. The van der Waals surface area contributed by atoms with Crippen molar-refractivity contribution in [2.75, 3.05) is 10.6 Å². The van der Waals surface area contributed by atoms with E-state index in [-0.39, 0.29) is 29.7 Å².